The van der Waals surface area contributed by atoms with E-state index in [9.17, 15) is 26.3 Å². The first-order chi connectivity index (χ1) is 16.6. The second-order valence-corrected chi connectivity index (χ2v) is 8.05. The van der Waals surface area contributed by atoms with Crippen molar-refractivity contribution in [2.24, 2.45) is 0 Å². The van der Waals surface area contributed by atoms with Gasteiger partial charge in [-0.05, 0) is 12.8 Å². The van der Waals surface area contributed by atoms with Crippen LogP contribution in [0.5, 0.6) is 0 Å². The summed E-state index contributed by atoms with van der Waals surface area (Å²) in [7, 11) is 0. The van der Waals surface area contributed by atoms with Gasteiger partial charge in [-0.25, -0.2) is 18.3 Å². The summed E-state index contributed by atoms with van der Waals surface area (Å²) in [5.74, 6) is 0. The second-order valence-electron chi connectivity index (χ2n) is 8.05. The van der Waals surface area contributed by atoms with Gasteiger partial charge in [-0.2, -0.15) is 26.3 Å². The van der Waals surface area contributed by atoms with Crippen LogP contribution in [0.2, 0.25) is 0 Å². The number of aromatic nitrogens is 4. The highest BCUT2D eigenvalue weighted by molar-refractivity contribution is 4.67. The van der Waals surface area contributed by atoms with E-state index in [1.54, 1.807) is 46.6 Å². The number of halogens is 6. The van der Waals surface area contributed by atoms with Crippen LogP contribution in [0.1, 0.15) is 25.7 Å². The smallest absolute Gasteiger partial charge is 0.377 e. The van der Waals surface area contributed by atoms with E-state index in [2.05, 4.69) is 0 Å². The SMILES string of the molecule is FC(F)(F)CCC[n+]1ccn(CCOCCOCCOCCn2cc[n+](CCCC(F)(F)F)c2)c1. The van der Waals surface area contributed by atoms with E-state index in [-0.39, 0.29) is 12.8 Å². The third-order valence-corrected chi connectivity index (χ3v) is 4.98. The number of aryl methyl sites for hydroxylation is 2. The van der Waals surface area contributed by atoms with E-state index in [1.165, 1.54) is 0 Å². The van der Waals surface area contributed by atoms with Gasteiger partial charge in [-0.3, -0.25) is 0 Å². The Bertz CT molecular complexity index is 756. The molecule has 0 saturated carbocycles. The maximum atomic E-state index is 12.2. The van der Waals surface area contributed by atoms with Crippen molar-refractivity contribution in [3.05, 3.63) is 37.4 Å². The van der Waals surface area contributed by atoms with Gasteiger partial charge in [-0.15, -0.1) is 0 Å². The van der Waals surface area contributed by atoms with E-state index < -0.39 is 25.2 Å². The molecular weight excluding hydrogens is 482 g/mol. The Labute approximate surface area is 200 Å². The minimum Gasteiger partial charge on any atom is -0.377 e. The van der Waals surface area contributed by atoms with Crippen LogP contribution in [-0.4, -0.2) is 61.1 Å². The second kappa shape index (κ2) is 15.1. The fraction of sp³-hybridized carbons (Fsp3) is 0.727. The molecule has 0 fully saturated rings. The van der Waals surface area contributed by atoms with E-state index in [4.69, 9.17) is 14.2 Å². The minimum absolute atomic E-state index is 0.0520. The predicted molar refractivity (Wildman–Crippen MR) is 112 cm³/mol. The highest BCUT2D eigenvalue weighted by Crippen LogP contribution is 2.21. The molecule has 2 aromatic heterocycles. The van der Waals surface area contributed by atoms with Crippen LogP contribution in [0.3, 0.4) is 0 Å². The fourth-order valence-electron chi connectivity index (χ4n) is 3.21. The summed E-state index contributed by atoms with van der Waals surface area (Å²) in [5.41, 5.74) is 0. The fourth-order valence-corrected chi connectivity index (χ4v) is 3.21. The van der Waals surface area contributed by atoms with E-state index >= 15 is 0 Å². The van der Waals surface area contributed by atoms with Crippen molar-refractivity contribution in [1.29, 1.82) is 0 Å². The Kier molecular flexibility index (Phi) is 12.6. The molecule has 0 aromatic carbocycles. The summed E-state index contributed by atoms with van der Waals surface area (Å²) in [6, 6.07) is 0. The zero-order chi connectivity index (χ0) is 25.6. The van der Waals surface area contributed by atoms with Gasteiger partial charge in [0.15, 0.2) is 0 Å². The lowest BCUT2D eigenvalue weighted by atomic mass is 10.3. The van der Waals surface area contributed by atoms with Gasteiger partial charge in [0.2, 0.25) is 12.7 Å². The molecule has 0 aliphatic heterocycles. The van der Waals surface area contributed by atoms with Crippen molar-refractivity contribution < 1.29 is 49.7 Å². The predicted octanol–water partition coefficient (Wildman–Crippen LogP) is 3.30. The molecule has 0 N–H and O–H groups in total. The Morgan fingerprint density at radius 1 is 0.571 bits per heavy atom. The lowest BCUT2D eigenvalue weighted by Crippen LogP contribution is -2.31. The van der Waals surface area contributed by atoms with Gasteiger partial charge < -0.3 is 14.2 Å². The van der Waals surface area contributed by atoms with Gasteiger partial charge in [0.1, 0.15) is 37.9 Å². The number of imidazole rings is 2. The first-order valence-corrected chi connectivity index (χ1v) is 11.6. The lowest BCUT2D eigenvalue weighted by molar-refractivity contribution is -0.697. The summed E-state index contributed by atoms with van der Waals surface area (Å²) in [4.78, 5) is 0. The van der Waals surface area contributed by atoms with Crippen molar-refractivity contribution in [1.82, 2.24) is 9.13 Å². The van der Waals surface area contributed by atoms with Crippen LogP contribution in [0, 0.1) is 0 Å². The van der Waals surface area contributed by atoms with Crippen molar-refractivity contribution >= 4 is 0 Å². The molecule has 2 heterocycles. The minimum atomic E-state index is -4.12. The average Bonchev–Trinajstić information content (AvgIpc) is 3.40. The van der Waals surface area contributed by atoms with Crippen LogP contribution >= 0.6 is 0 Å². The summed E-state index contributed by atoms with van der Waals surface area (Å²) >= 11 is 0. The third-order valence-electron chi connectivity index (χ3n) is 4.98. The molecule has 200 valence electrons. The third kappa shape index (κ3) is 14.8. The molecule has 0 aliphatic carbocycles. The highest BCUT2D eigenvalue weighted by Gasteiger charge is 2.27. The van der Waals surface area contributed by atoms with Crippen LogP contribution in [0.4, 0.5) is 26.3 Å². The Morgan fingerprint density at radius 3 is 1.31 bits per heavy atom. The molecule has 35 heavy (non-hydrogen) atoms. The van der Waals surface area contributed by atoms with E-state index in [1.807, 2.05) is 9.13 Å². The van der Waals surface area contributed by atoms with Gasteiger partial charge in [0, 0.05) is 12.8 Å². The van der Waals surface area contributed by atoms with Gasteiger partial charge >= 0.3 is 12.4 Å². The molecule has 0 bridgehead atoms. The van der Waals surface area contributed by atoms with Gasteiger partial charge in [0.25, 0.3) is 0 Å². The first-order valence-electron chi connectivity index (χ1n) is 11.6. The summed E-state index contributed by atoms with van der Waals surface area (Å²) in [6.07, 6.45) is 0.883. The molecule has 0 spiro atoms. The first kappa shape index (κ1) is 29.1. The normalized spacial score (nSPS) is 12.5. The van der Waals surface area contributed by atoms with Crippen LogP contribution in [-0.2, 0) is 40.4 Å². The van der Waals surface area contributed by atoms with Crippen LogP contribution in [0.25, 0.3) is 0 Å². The molecule has 2 rings (SSSR count). The zero-order valence-corrected chi connectivity index (χ0v) is 19.6. The molecular formula is C22H34F6N4O3+2. The number of ether oxygens (including phenoxy) is 3. The molecule has 0 saturated heterocycles. The Morgan fingerprint density at radius 2 is 0.943 bits per heavy atom. The maximum absolute atomic E-state index is 12.2. The number of rotatable bonds is 18. The highest BCUT2D eigenvalue weighted by atomic mass is 19.4. The summed E-state index contributed by atoms with van der Waals surface area (Å²) in [6.45, 7) is 4.43. The zero-order valence-electron chi connectivity index (χ0n) is 19.6. The molecule has 0 aliphatic rings. The molecule has 7 nitrogen and oxygen atoms in total. The summed E-state index contributed by atoms with van der Waals surface area (Å²) in [5, 5.41) is 0. The largest absolute Gasteiger partial charge is 0.389 e. The number of nitrogens with zero attached hydrogens (tertiary/aromatic N) is 4. The molecule has 0 atom stereocenters. The molecule has 0 amide bonds. The summed E-state index contributed by atoms with van der Waals surface area (Å²) < 4.78 is 96.7. The number of alkyl halides is 6. The topological polar surface area (TPSA) is 45.3 Å². The van der Waals surface area contributed by atoms with Crippen LogP contribution < -0.4 is 9.13 Å². The van der Waals surface area contributed by atoms with Crippen molar-refractivity contribution in [2.45, 2.75) is 64.2 Å². The lowest BCUT2D eigenvalue weighted by Gasteiger charge is -2.06. The van der Waals surface area contributed by atoms with Crippen LogP contribution in [0.15, 0.2) is 37.4 Å². The monoisotopic (exact) mass is 516 g/mol. The quantitative estimate of drug-likeness (QED) is 0.174. The molecule has 0 unspecified atom stereocenters. The van der Waals surface area contributed by atoms with Gasteiger partial charge in [-0.1, -0.05) is 0 Å². The van der Waals surface area contributed by atoms with Crippen molar-refractivity contribution in [2.75, 3.05) is 39.6 Å². The molecule has 2 aromatic rings. The number of hydrogen-bond acceptors (Lipinski definition) is 3. The van der Waals surface area contributed by atoms with Gasteiger partial charge in [0.05, 0.1) is 52.7 Å². The van der Waals surface area contributed by atoms with E-state index in [0.29, 0.717) is 65.8 Å². The van der Waals surface area contributed by atoms with E-state index in [0.717, 1.165) is 0 Å². The standard InChI is InChI=1S/C22H34F6N4O3/c23-21(24,25)3-1-5-29-7-9-31(19-29)11-13-33-15-17-35-18-16-34-14-12-32-10-8-30(20-32)6-2-4-22(26,27)28/h7-10,19-20H,1-6,11-18H2/q+2. The van der Waals surface area contributed by atoms with Crippen molar-refractivity contribution in [3.63, 3.8) is 0 Å². The molecule has 13 heteroatoms. The van der Waals surface area contributed by atoms with Crippen molar-refractivity contribution in [3.8, 4) is 0 Å². The Hall–Kier alpha value is -2.12. The number of hydrogen-bond donors (Lipinski definition) is 0. The average molecular weight is 517 g/mol. The molecule has 0 radical (unpaired) electrons. The Balaban J connectivity index is 1.39. The maximum Gasteiger partial charge on any atom is 0.389 e.